The molecule has 0 saturated heterocycles. The maximum atomic E-state index is 9.18. The minimum atomic E-state index is -0.0797. The number of thiophene rings is 2. The number of nitriles is 1. The largest absolute Gasteiger partial charge is 0.310 e. The maximum absolute atomic E-state index is 9.18. The molecule has 0 aliphatic heterocycles. The van der Waals surface area contributed by atoms with E-state index in [0.717, 1.165) is 21.9 Å². The van der Waals surface area contributed by atoms with Crippen LogP contribution in [0.5, 0.6) is 0 Å². The Morgan fingerprint density at radius 3 is 2.31 bits per heavy atom. The Bertz CT molecular complexity index is 2160. The molecule has 5 heteroatoms. The first-order chi connectivity index (χ1) is 20.3. The molecule has 1 aliphatic rings. The van der Waals surface area contributed by atoms with Crippen molar-refractivity contribution in [1.29, 1.82) is 5.26 Å². The van der Waals surface area contributed by atoms with Gasteiger partial charge in [-0.05, 0) is 95.8 Å². The number of allylic oxidation sites excluding steroid dienone is 1. The fraction of sp³-hybridized carbons (Fsp3) is 0.135. The average molecular weight is 578 g/mol. The summed E-state index contributed by atoms with van der Waals surface area (Å²) in [7, 11) is 0. The molecule has 0 bridgehead atoms. The van der Waals surface area contributed by atoms with Gasteiger partial charge in [0.15, 0.2) is 0 Å². The molecule has 0 unspecified atom stereocenters. The molecule has 2 aromatic heterocycles. The molecular weight excluding hydrogens is 551 g/mol. The molecule has 0 radical (unpaired) electrons. The van der Waals surface area contributed by atoms with Crippen LogP contribution in [0.3, 0.4) is 0 Å². The van der Waals surface area contributed by atoms with Crippen molar-refractivity contribution in [3.05, 3.63) is 129 Å². The van der Waals surface area contributed by atoms with Crippen LogP contribution in [0.4, 0.5) is 17.1 Å². The molecule has 3 nitrogen and oxygen atoms in total. The lowest BCUT2D eigenvalue weighted by Crippen LogP contribution is -2.16. The van der Waals surface area contributed by atoms with E-state index in [2.05, 4.69) is 122 Å². The fourth-order valence-electron chi connectivity index (χ4n) is 6.14. The summed E-state index contributed by atoms with van der Waals surface area (Å²) < 4.78 is 3.60. The molecule has 6 aromatic rings. The minimum Gasteiger partial charge on any atom is -0.310 e. The maximum Gasteiger partial charge on any atom is 0.263 e. The average Bonchev–Trinajstić information content (AvgIpc) is 3.61. The normalized spacial score (nSPS) is 13.5. The van der Waals surface area contributed by atoms with Gasteiger partial charge in [-0.3, -0.25) is 0 Å². The van der Waals surface area contributed by atoms with Gasteiger partial charge in [0.2, 0.25) is 0 Å². The van der Waals surface area contributed by atoms with E-state index >= 15 is 0 Å². The molecule has 4 aromatic carbocycles. The second kappa shape index (κ2) is 9.71. The van der Waals surface area contributed by atoms with E-state index in [9.17, 15) is 5.26 Å². The van der Waals surface area contributed by atoms with Crippen LogP contribution in [0.1, 0.15) is 41.0 Å². The van der Waals surface area contributed by atoms with Crippen LogP contribution in [-0.2, 0) is 5.41 Å². The molecule has 42 heavy (non-hydrogen) atoms. The molecule has 0 saturated carbocycles. The van der Waals surface area contributed by atoms with Crippen LogP contribution in [0, 0.1) is 31.8 Å². The topological polar surface area (TPSA) is 31.4 Å². The molecule has 0 fully saturated rings. The van der Waals surface area contributed by atoms with Crippen LogP contribution >= 0.6 is 22.7 Å². The van der Waals surface area contributed by atoms with Crippen molar-refractivity contribution in [2.24, 2.45) is 0 Å². The smallest absolute Gasteiger partial charge is 0.263 e. The Labute approximate surface area is 254 Å². The van der Waals surface area contributed by atoms with Gasteiger partial charge in [-0.25, -0.2) is 10.1 Å². The Hall–Kier alpha value is -4.68. The highest BCUT2D eigenvalue weighted by atomic mass is 32.1. The Morgan fingerprint density at radius 1 is 0.810 bits per heavy atom. The summed E-state index contributed by atoms with van der Waals surface area (Å²) in [5.41, 5.74) is 11.3. The van der Waals surface area contributed by atoms with E-state index in [1.165, 1.54) is 52.9 Å². The lowest BCUT2D eigenvalue weighted by Gasteiger charge is -2.28. The minimum absolute atomic E-state index is 0.0797. The van der Waals surface area contributed by atoms with Gasteiger partial charge in [-0.15, -0.1) is 22.7 Å². The van der Waals surface area contributed by atoms with Crippen LogP contribution in [0.2, 0.25) is 0 Å². The fourth-order valence-corrected chi connectivity index (χ4v) is 8.64. The van der Waals surface area contributed by atoms with Gasteiger partial charge in [-0.1, -0.05) is 56.3 Å². The molecule has 202 valence electrons. The number of hydrogen-bond acceptors (Lipinski definition) is 4. The number of hydrogen-bond donors (Lipinski definition) is 0. The molecule has 0 amide bonds. The van der Waals surface area contributed by atoms with Gasteiger partial charge in [0, 0.05) is 42.1 Å². The molecular formula is C37H27N3S2. The number of benzene rings is 4. The van der Waals surface area contributed by atoms with Gasteiger partial charge < -0.3 is 4.90 Å². The quantitative estimate of drug-likeness (QED) is 0.154. The summed E-state index contributed by atoms with van der Waals surface area (Å²) in [6.07, 6.45) is 1.68. The van der Waals surface area contributed by atoms with E-state index in [-0.39, 0.29) is 11.1 Å². The summed E-state index contributed by atoms with van der Waals surface area (Å²) in [5.74, 6) is 0. The third kappa shape index (κ3) is 4.05. The zero-order chi connectivity index (χ0) is 29.2. The summed E-state index contributed by atoms with van der Waals surface area (Å²) in [6.45, 7) is 16.2. The molecule has 7 rings (SSSR count). The van der Waals surface area contributed by atoms with E-state index in [4.69, 9.17) is 6.57 Å². The van der Waals surface area contributed by atoms with Crippen LogP contribution in [0.15, 0.2) is 90.6 Å². The molecule has 0 atom stereocenters. The highest BCUT2D eigenvalue weighted by Gasteiger charge is 2.35. The van der Waals surface area contributed by atoms with E-state index in [0.29, 0.717) is 0 Å². The monoisotopic (exact) mass is 577 g/mol. The Balaban J connectivity index is 1.38. The van der Waals surface area contributed by atoms with E-state index in [1.54, 1.807) is 28.7 Å². The highest BCUT2D eigenvalue weighted by Crippen LogP contribution is 2.51. The lowest BCUT2D eigenvalue weighted by atomic mass is 9.82. The van der Waals surface area contributed by atoms with Crippen molar-refractivity contribution in [2.75, 3.05) is 4.90 Å². The summed E-state index contributed by atoms with van der Waals surface area (Å²) in [6, 6.07) is 33.2. The van der Waals surface area contributed by atoms with E-state index < -0.39 is 0 Å². The first-order valence-electron chi connectivity index (χ1n) is 13.9. The van der Waals surface area contributed by atoms with Crippen LogP contribution < -0.4 is 4.90 Å². The molecule has 2 heterocycles. The van der Waals surface area contributed by atoms with Gasteiger partial charge in [0.25, 0.3) is 5.70 Å². The van der Waals surface area contributed by atoms with Crippen molar-refractivity contribution in [3.63, 3.8) is 0 Å². The zero-order valence-electron chi connectivity index (χ0n) is 23.8. The zero-order valence-corrected chi connectivity index (χ0v) is 25.5. The molecule has 1 aliphatic carbocycles. The highest BCUT2D eigenvalue weighted by molar-refractivity contribution is 7.33. The third-order valence-electron chi connectivity index (χ3n) is 8.49. The number of aryl methyl sites for hydroxylation is 2. The number of nitrogens with zero attached hydrogens (tertiary/aromatic N) is 3. The third-order valence-corrected chi connectivity index (χ3v) is 10.8. The predicted molar refractivity (Wildman–Crippen MR) is 179 cm³/mol. The Morgan fingerprint density at radius 2 is 1.52 bits per heavy atom. The molecule has 0 spiro atoms. The molecule has 0 N–H and O–H groups in total. The van der Waals surface area contributed by atoms with Crippen molar-refractivity contribution >= 4 is 65.3 Å². The predicted octanol–water partition coefficient (Wildman–Crippen LogP) is 11.3. The standard InChI is InChI=1S/C37H27N3S2/c1-22-10-11-25(16-23(22)2)40(26-12-14-30-29-8-6-7-9-32(29)37(3,4)33(30)18-26)27-13-15-31-34(19-27)42-35-20-28(41-36(31)35)17-24(21-38)39-5/h6-20H,1-4H3/b24-17-. The van der Waals surface area contributed by atoms with E-state index in [1.807, 2.05) is 6.07 Å². The SMILES string of the molecule is [C-]#[N+]/C(C#N)=C\c1cc2sc3cc(N(c4ccc(C)c(C)c4)c4ccc5c(c4)C(C)(C)c4ccccc4-5)ccc3c2s1. The van der Waals surface area contributed by atoms with Crippen LogP contribution in [0.25, 0.3) is 41.5 Å². The first-order valence-corrected chi connectivity index (χ1v) is 15.5. The lowest BCUT2D eigenvalue weighted by molar-refractivity contribution is 0.660. The summed E-state index contributed by atoms with van der Waals surface area (Å²) in [5, 5.41) is 10.4. The number of fused-ring (bicyclic) bond motifs is 6. The first kappa shape index (κ1) is 26.2. The van der Waals surface area contributed by atoms with Crippen molar-refractivity contribution in [1.82, 2.24) is 0 Å². The van der Waals surface area contributed by atoms with Gasteiger partial charge >= 0.3 is 0 Å². The van der Waals surface area contributed by atoms with Crippen LogP contribution in [-0.4, -0.2) is 0 Å². The van der Waals surface area contributed by atoms with Gasteiger partial charge in [-0.2, -0.15) is 0 Å². The second-order valence-corrected chi connectivity index (χ2v) is 13.5. The second-order valence-electron chi connectivity index (χ2n) is 11.4. The summed E-state index contributed by atoms with van der Waals surface area (Å²) in [4.78, 5) is 6.63. The van der Waals surface area contributed by atoms with Gasteiger partial charge in [0.05, 0.1) is 17.3 Å². The number of anilines is 3. The van der Waals surface area contributed by atoms with Crippen molar-refractivity contribution in [2.45, 2.75) is 33.1 Å². The number of rotatable bonds is 4. The van der Waals surface area contributed by atoms with Crippen molar-refractivity contribution < 1.29 is 0 Å². The van der Waals surface area contributed by atoms with Gasteiger partial charge in [0.1, 0.15) is 0 Å². The van der Waals surface area contributed by atoms with Crippen molar-refractivity contribution in [3.8, 4) is 17.2 Å². The summed E-state index contributed by atoms with van der Waals surface area (Å²) >= 11 is 3.39. The Kier molecular flexibility index (Phi) is 6.06.